The molecule has 0 radical (unpaired) electrons. The highest BCUT2D eigenvalue weighted by molar-refractivity contribution is 5.79. The van der Waals surface area contributed by atoms with Crippen LogP contribution in [0.25, 0.3) is 0 Å². The fourth-order valence-electron chi connectivity index (χ4n) is 1.82. The van der Waals surface area contributed by atoms with Gasteiger partial charge in [-0.05, 0) is 30.5 Å². The van der Waals surface area contributed by atoms with Crippen LogP contribution in [-0.2, 0) is 17.5 Å². The summed E-state index contributed by atoms with van der Waals surface area (Å²) in [5.41, 5.74) is 0.00671. The number of carbonyl (C=O) groups is 1. The second kappa shape index (κ2) is 5.00. The van der Waals surface area contributed by atoms with Gasteiger partial charge in [-0.3, -0.25) is 4.79 Å². The number of alkyl halides is 3. The molecule has 0 atom stereocenters. The third-order valence-corrected chi connectivity index (χ3v) is 3.22. The van der Waals surface area contributed by atoms with E-state index in [4.69, 9.17) is 0 Å². The molecular weight excluding hydrogens is 243 g/mol. The first-order valence-electron chi connectivity index (χ1n) is 5.90. The van der Waals surface area contributed by atoms with E-state index in [-0.39, 0.29) is 18.4 Å². The summed E-state index contributed by atoms with van der Waals surface area (Å²) in [4.78, 5) is 11.5. The van der Waals surface area contributed by atoms with Crippen LogP contribution in [0.2, 0.25) is 0 Å². The monoisotopic (exact) mass is 257 g/mol. The van der Waals surface area contributed by atoms with Crippen LogP contribution in [0.3, 0.4) is 0 Å². The van der Waals surface area contributed by atoms with Crippen molar-refractivity contribution >= 4 is 5.91 Å². The maximum atomic E-state index is 12.3. The molecular formula is C13H14F3NO. The Kier molecular flexibility index (Phi) is 3.59. The summed E-state index contributed by atoms with van der Waals surface area (Å²) in [7, 11) is 0. The molecule has 0 heterocycles. The quantitative estimate of drug-likeness (QED) is 0.885. The summed E-state index contributed by atoms with van der Waals surface area (Å²) < 4.78 is 37.0. The molecule has 1 fully saturated rings. The number of nitrogens with one attached hydrogen (secondary N) is 1. The predicted molar refractivity (Wildman–Crippen MR) is 60.6 cm³/mol. The van der Waals surface area contributed by atoms with E-state index in [1.807, 2.05) is 0 Å². The molecule has 0 spiro atoms. The molecule has 1 aromatic carbocycles. The molecule has 1 N–H and O–H groups in total. The molecule has 2 nitrogen and oxygen atoms in total. The van der Waals surface area contributed by atoms with Gasteiger partial charge >= 0.3 is 6.18 Å². The molecule has 98 valence electrons. The highest BCUT2D eigenvalue weighted by Crippen LogP contribution is 2.29. The van der Waals surface area contributed by atoms with Gasteiger partial charge in [-0.2, -0.15) is 13.2 Å². The summed E-state index contributed by atoms with van der Waals surface area (Å²) in [5.74, 6) is 0.0978. The van der Waals surface area contributed by atoms with Crippen molar-refractivity contribution < 1.29 is 18.0 Å². The van der Waals surface area contributed by atoms with Crippen molar-refractivity contribution in [2.45, 2.75) is 32.0 Å². The molecule has 18 heavy (non-hydrogen) atoms. The van der Waals surface area contributed by atoms with Gasteiger partial charge in [-0.25, -0.2) is 0 Å². The van der Waals surface area contributed by atoms with Crippen LogP contribution in [0.4, 0.5) is 13.2 Å². The Labute approximate surface area is 103 Å². The predicted octanol–water partition coefficient (Wildman–Crippen LogP) is 3.12. The van der Waals surface area contributed by atoms with Gasteiger partial charge < -0.3 is 5.32 Å². The van der Waals surface area contributed by atoms with Crippen LogP contribution in [0.5, 0.6) is 0 Å². The number of amides is 1. The van der Waals surface area contributed by atoms with Crippen molar-refractivity contribution in [1.29, 1.82) is 0 Å². The van der Waals surface area contributed by atoms with E-state index < -0.39 is 11.7 Å². The van der Waals surface area contributed by atoms with Crippen molar-refractivity contribution in [2.75, 3.05) is 0 Å². The normalized spacial score (nSPS) is 16.2. The number of benzene rings is 1. The molecule has 2 rings (SSSR count). The number of rotatable bonds is 3. The number of carbonyl (C=O) groups excluding carboxylic acids is 1. The van der Waals surface area contributed by atoms with Crippen LogP contribution in [0, 0.1) is 5.92 Å². The van der Waals surface area contributed by atoms with Crippen LogP contribution in [0.1, 0.15) is 30.4 Å². The highest BCUT2D eigenvalue weighted by atomic mass is 19.4. The minimum atomic E-state index is -4.31. The molecule has 0 saturated heterocycles. The molecule has 0 aliphatic heterocycles. The lowest BCUT2D eigenvalue weighted by Gasteiger charge is -2.24. The molecule has 0 bridgehead atoms. The average molecular weight is 257 g/mol. The fraction of sp³-hybridized carbons (Fsp3) is 0.462. The first-order valence-corrected chi connectivity index (χ1v) is 5.90. The molecule has 1 aromatic rings. The van der Waals surface area contributed by atoms with Gasteiger partial charge in [0.2, 0.25) is 5.91 Å². The van der Waals surface area contributed by atoms with Crippen LogP contribution >= 0.6 is 0 Å². The Morgan fingerprint density at radius 3 is 2.28 bits per heavy atom. The molecule has 1 aliphatic carbocycles. The van der Waals surface area contributed by atoms with E-state index >= 15 is 0 Å². The second-order valence-electron chi connectivity index (χ2n) is 4.54. The Morgan fingerprint density at radius 2 is 1.83 bits per heavy atom. The minimum absolute atomic E-state index is 0.00106. The Morgan fingerprint density at radius 1 is 1.22 bits per heavy atom. The van der Waals surface area contributed by atoms with Gasteiger partial charge in [0.1, 0.15) is 0 Å². The summed E-state index contributed by atoms with van der Waals surface area (Å²) in [6.45, 7) is 0.285. The van der Waals surface area contributed by atoms with E-state index in [1.54, 1.807) is 0 Å². The van der Waals surface area contributed by atoms with Crippen LogP contribution in [0.15, 0.2) is 24.3 Å². The summed E-state index contributed by atoms with van der Waals surface area (Å²) >= 11 is 0. The van der Waals surface area contributed by atoms with Gasteiger partial charge in [0.05, 0.1) is 5.56 Å². The lowest BCUT2D eigenvalue weighted by molar-refractivity contribution is -0.137. The molecule has 0 unspecified atom stereocenters. The third-order valence-electron chi connectivity index (χ3n) is 3.22. The first kappa shape index (κ1) is 12.9. The summed E-state index contributed by atoms with van der Waals surface area (Å²) in [6, 6.07) is 4.85. The molecule has 5 heteroatoms. The molecule has 1 saturated carbocycles. The lowest BCUT2D eigenvalue weighted by atomic mass is 9.85. The molecule has 0 aromatic heterocycles. The van der Waals surface area contributed by atoms with Crippen LogP contribution < -0.4 is 5.32 Å². The standard InChI is InChI=1S/C13H14F3NO/c14-13(15,16)11-6-4-9(5-7-11)8-17-12(18)10-2-1-3-10/h4-7,10H,1-3,8H2,(H,17,18). The number of halogens is 3. The zero-order valence-corrected chi connectivity index (χ0v) is 9.76. The van der Waals surface area contributed by atoms with Gasteiger partial charge in [0, 0.05) is 12.5 Å². The molecule has 1 amide bonds. The summed E-state index contributed by atoms with van der Waals surface area (Å²) in [5, 5.41) is 2.74. The zero-order chi connectivity index (χ0) is 13.2. The van der Waals surface area contributed by atoms with Crippen molar-refractivity contribution in [1.82, 2.24) is 5.32 Å². The van der Waals surface area contributed by atoms with Crippen molar-refractivity contribution in [3.8, 4) is 0 Å². The maximum absolute atomic E-state index is 12.3. The smallest absolute Gasteiger partial charge is 0.352 e. The van der Waals surface area contributed by atoms with Crippen molar-refractivity contribution in [2.24, 2.45) is 5.92 Å². The van der Waals surface area contributed by atoms with E-state index in [0.717, 1.165) is 31.4 Å². The number of hydrogen-bond donors (Lipinski definition) is 1. The first-order chi connectivity index (χ1) is 8.47. The summed E-state index contributed by atoms with van der Waals surface area (Å²) in [6.07, 6.45) is -1.40. The molecule has 1 aliphatic rings. The van der Waals surface area contributed by atoms with Gasteiger partial charge in [-0.1, -0.05) is 18.6 Å². The van der Waals surface area contributed by atoms with Crippen LogP contribution in [-0.4, -0.2) is 5.91 Å². The minimum Gasteiger partial charge on any atom is -0.352 e. The van der Waals surface area contributed by atoms with Crippen molar-refractivity contribution in [3.05, 3.63) is 35.4 Å². The number of hydrogen-bond acceptors (Lipinski definition) is 1. The lowest BCUT2D eigenvalue weighted by Crippen LogP contribution is -2.33. The largest absolute Gasteiger partial charge is 0.416 e. The van der Waals surface area contributed by atoms with Gasteiger partial charge in [-0.15, -0.1) is 0 Å². The van der Waals surface area contributed by atoms with E-state index in [9.17, 15) is 18.0 Å². The third kappa shape index (κ3) is 3.03. The highest BCUT2D eigenvalue weighted by Gasteiger charge is 2.30. The van der Waals surface area contributed by atoms with E-state index in [1.165, 1.54) is 12.1 Å². The van der Waals surface area contributed by atoms with Gasteiger partial charge in [0.25, 0.3) is 0 Å². The Balaban J connectivity index is 1.88. The average Bonchev–Trinajstić information content (AvgIpc) is 2.23. The van der Waals surface area contributed by atoms with E-state index in [2.05, 4.69) is 5.32 Å². The van der Waals surface area contributed by atoms with E-state index in [0.29, 0.717) is 5.56 Å². The zero-order valence-electron chi connectivity index (χ0n) is 9.76. The SMILES string of the molecule is O=C(NCc1ccc(C(F)(F)F)cc1)C1CCC1. The maximum Gasteiger partial charge on any atom is 0.416 e. The van der Waals surface area contributed by atoms with Gasteiger partial charge in [0.15, 0.2) is 0 Å². The van der Waals surface area contributed by atoms with Crippen molar-refractivity contribution in [3.63, 3.8) is 0 Å². The Bertz CT molecular complexity index is 421. The fourth-order valence-corrected chi connectivity index (χ4v) is 1.82. The second-order valence-corrected chi connectivity index (χ2v) is 4.54. The Hall–Kier alpha value is -1.52. The topological polar surface area (TPSA) is 29.1 Å².